The van der Waals surface area contributed by atoms with E-state index in [1.165, 1.54) is 5.56 Å². The lowest BCUT2D eigenvalue weighted by Gasteiger charge is -2.32. The minimum Gasteiger partial charge on any atom is -0.493 e. The molecule has 0 unspecified atom stereocenters. The lowest BCUT2D eigenvalue weighted by molar-refractivity contribution is 0.0692. The molecule has 2 N–H and O–H groups in total. The summed E-state index contributed by atoms with van der Waals surface area (Å²) in [6.45, 7) is 7.66. The number of aryl methyl sites for hydroxylation is 2. The number of piperidine rings is 1. The van der Waals surface area contributed by atoms with E-state index in [2.05, 4.69) is 28.5 Å². The molecule has 0 spiro atoms. The first-order valence-electron chi connectivity index (χ1n) is 11.4. The molecule has 172 valence electrons. The quantitative estimate of drug-likeness (QED) is 0.596. The van der Waals surface area contributed by atoms with Crippen LogP contribution in [0.4, 0.5) is 0 Å². The largest absolute Gasteiger partial charge is 0.493 e. The predicted octanol–water partition coefficient (Wildman–Crippen LogP) is 4.13. The molecule has 4 rings (SSSR count). The second kappa shape index (κ2) is 9.90. The lowest BCUT2D eigenvalue weighted by atomic mass is 10.0. The van der Waals surface area contributed by atoms with Crippen molar-refractivity contribution in [2.75, 3.05) is 19.7 Å². The van der Waals surface area contributed by atoms with Crippen LogP contribution < -0.4 is 10.1 Å². The van der Waals surface area contributed by atoms with Crippen LogP contribution in [-0.4, -0.2) is 52.6 Å². The van der Waals surface area contributed by atoms with Crippen molar-refractivity contribution in [2.24, 2.45) is 0 Å². The summed E-state index contributed by atoms with van der Waals surface area (Å²) in [5.41, 5.74) is 5.13. The van der Waals surface area contributed by atoms with Crippen LogP contribution in [0.15, 0.2) is 48.5 Å². The Bertz CT molecular complexity index is 1150. The molecule has 3 aromatic rings. The fraction of sp³-hybridized carbons (Fsp3) is 0.346. The Balaban J connectivity index is 1.35. The highest BCUT2D eigenvalue weighted by Crippen LogP contribution is 2.24. The molecule has 0 atom stereocenters. The molecule has 7 nitrogen and oxygen atoms in total. The number of aromatic amines is 1. The summed E-state index contributed by atoms with van der Waals surface area (Å²) in [4.78, 5) is 27.6. The second-order valence-corrected chi connectivity index (χ2v) is 8.45. The van der Waals surface area contributed by atoms with Gasteiger partial charge >= 0.3 is 0 Å². The van der Waals surface area contributed by atoms with Crippen molar-refractivity contribution in [1.29, 1.82) is 0 Å². The smallest absolute Gasteiger partial charge is 0.271 e. The average Bonchev–Trinajstić information content (AvgIpc) is 3.29. The van der Waals surface area contributed by atoms with Gasteiger partial charge in [-0.05, 0) is 57.4 Å². The van der Waals surface area contributed by atoms with Gasteiger partial charge in [0, 0.05) is 24.7 Å². The van der Waals surface area contributed by atoms with E-state index in [-0.39, 0.29) is 17.9 Å². The average molecular weight is 447 g/mol. The third kappa shape index (κ3) is 5.08. The number of hydrogen-bond donors (Lipinski definition) is 2. The number of benzene rings is 2. The Kier molecular flexibility index (Phi) is 6.77. The maximum atomic E-state index is 13.0. The van der Waals surface area contributed by atoms with Crippen LogP contribution in [0.3, 0.4) is 0 Å². The summed E-state index contributed by atoms with van der Waals surface area (Å²) in [5.74, 6) is 0.379. The van der Waals surface area contributed by atoms with E-state index in [1.807, 2.05) is 49.1 Å². The van der Waals surface area contributed by atoms with Gasteiger partial charge in [0.25, 0.3) is 11.8 Å². The number of aromatic nitrogens is 2. The number of ether oxygens (including phenoxy) is 1. The highest BCUT2D eigenvalue weighted by Gasteiger charge is 2.26. The number of hydrogen-bond acceptors (Lipinski definition) is 4. The van der Waals surface area contributed by atoms with Crippen molar-refractivity contribution in [2.45, 2.75) is 39.7 Å². The Morgan fingerprint density at radius 1 is 1.12 bits per heavy atom. The van der Waals surface area contributed by atoms with Gasteiger partial charge in [0.2, 0.25) is 0 Å². The van der Waals surface area contributed by atoms with Crippen LogP contribution in [0.1, 0.15) is 51.7 Å². The molecule has 2 amide bonds. The SMILES string of the molecule is CCOc1ccccc1C(=O)NC1CCN(C(=O)c2cc(-c3ccc(C)cc3C)n[nH]2)CC1. The standard InChI is InChI=1S/C26H30N4O3/c1-4-33-24-8-6-5-7-21(24)25(31)27-19-11-13-30(14-12-19)26(32)23-16-22(28-29-23)20-10-9-17(2)15-18(20)3/h5-10,15-16,19H,4,11-14H2,1-3H3,(H,27,31)(H,28,29). The van der Waals surface area contributed by atoms with Gasteiger partial charge in [-0.15, -0.1) is 0 Å². The normalized spacial score (nSPS) is 14.2. The van der Waals surface area contributed by atoms with E-state index in [9.17, 15) is 9.59 Å². The van der Waals surface area contributed by atoms with Gasteiger partial charge in [-0.2, -0.15) is 5.10 Å². The van der Waals surface area contributed by atoms with E-state index in [0.717, 1.165) is 16.8 Å². The summed E-state index contributed by atoms with van der Waals surface area (Å²) in [6, 6.07) is 15.3. The molecule has 2 heterocycles. The minimum atomic E-state index is -0.143. The van der Waals surface area contributed by atoms with Gasteiger partial charge in [-0.25, -0.2) is 0 Å². The van der Waals surface area contributed by atoms with Crippen molar-refractivity contribution in [3.05, 3.63) is 70.9 Å². The first-order chi connectivity index (χ1) is 16.0. The van der Waals surface area contributed by atoms with Crippen molar-refractivity contribution < 1.29 is 14.3 Å². The van der Waals surface area contributed by atoms with Crippen LogP contribution >= 0.6 is 0 Å². The first-order valence-corrected chi connectivity index (χ1v) is 11.4. The second-order valence-electron chi connectivity index (χ2n) is 8.45. The van der Waals surface area contributed by atoms with E-state index in [1.54, 1.807) is 12.1 Å². The molecule has 2 aromatic carbocycles. The van der Waals surface area contributed by atoms with Gasteiger partial charge in [-0.1, -0.05) is 35.9 Å². The fourth-order valence-corrected chi connectivity index (χ4v) is 4.27. The third-order valence-electron chi connectivity index (χ3n) is 6.02. The molecular formula is C26H30N4O3. The maximum Gasteiger partial charge on any atom is 0.271 e. The van der Waals surface area contributed by atoms with Crippen molar-refractivity contribution in [3.63, 3.8) is 0 Å². The maximum absolute atomic E-state index is 13.0. The van der Waals surface area contributed by atoms with Crippen LogP contribution in [0.25, 0.3) is 11.3 Å². The Morgan fingerprint density at radius 2 is 1.88 bits per heavy atom. The molecule has 1 fully saturated rings. The molecule has 0 radical (unpaired) electrons. The Labute approximate surface area is 194 Å². The van der Waals surface area contributed by atoms with Gasteiger partial charge in [0.1, 0.15) is 11.4 Å². The topological polar surface area (TPSA) is 87.3 Å². The van der Waals surface area contributed by atoms with Gasteiger partial charge in [0.15, 0.2) is 0 Å². The van der Waals surface area contributed by atoms with E-state index >= 15 is 0 Å². The summed E-state index contributed by atoms with van der Waals surface area (Å²) < 4.78 is 5.57. The van der Waals surface area contributed by atoms with Gasteiger partial charge in [0.05, 0.1) is 17.9 Å². The zero-order chi connectivity index (χ0) is 23.4. The lowest BCUT2D eigenvalue weighted by Crippen LogP contribution is -2.46. The van der Waals surface area contributed by atoms with Crippen molar-refractivity contribution in [1.82, 2.24) is 20.4 Å². The molecule has 0 aliphatic carbocycles. The highest BCUT2D eigenvalue weighted by molar-refractivity contribution is 5.97. The molecular weight excluding hydrogens is 416 g/mol. The zero-order valence-corrected chi connectivity index (χ0v) is 19.4. The van der Waals surface area contributed by atoms with Crippen molar-refractivity contribution >= 4 is 11.8 Å². The summed E-state index contributed by atoms with van der Waals surface area (Å²) in [7, 11) is 0. The number of rotatable bonds is 6. The minimum absolute atomic E-state index is 0.0174. The van der Waals surface area contributed by atoms with Gasteiger partial charge < -0.3 is 15.0 Å². The fourth-order valence-electron chi connectivity index (χ4n) is 4.27. The number of H-pyrrole nitrogens is 1. The number of amides is 2. The summed E-state index contributed by atoms with van der Waals surface area (Å²) in [6.07, 6.45) is 1.40. The number of likely N-dealkylation sites (tertiary alicyclic amines) is 1. The van der Waals surface area contributed by atoms with Crippen LogP contribution in [-0.2, 0) is 0 Å². The molecule has 1 aromatic heterocycles. The molecule has 33 heavy (non-hydrogen) atoms. The van der Waals surface area contributed by atoms with E-state index < -0.39 is 0 Å². The highest BCUT2D eigenvalue weighted by atomic mass is 16.5. The number of nitrogens with zero attached hydrogens (tertiary/aromatic N) is 2. The molecule has 1 aliphatic heterocycles. The molecule has 0 saturated carbocycles. The van der Waals surface area contributed by atoms with E-state index in [4.69, 9.17) is 4.74 Å². The number of carbonyl (C=O) groups excluding carboxylic acids is 2. The molecule has 1 saturated heterocycles. The van der Waals surface area contributed by atoms with Crippen LogP contribution in [0.2, 0.25) is 0 Å². The molecule has 7 heteroatoms. The summed E-state index contributed by atoms with van der Waals surface area (Å²) >= 11 is 0. The zero-order valence-electron chi connectivity index (χ0n) is 19.4. The third-order valence-corrected chi connectivity index (χ3v) is 6.02. The van der Waals surface area contributed by atoms with Gasteiger partial charge in [-0.3, -0.25) is 14.7 Å². The van der Waals surface area contributed by atoms with Crippen molar-refractivity contribution in [3.8, 4) is 17.0 Å². The molecule has 0 bridgehead atoms. The number of carbonyl (C=O) groups is 2. The number of nitrogens with one attached hydrogen (secondary N) is 2. The first kappa shape index (κ1) is 22.6. The van der Waals surface area contributed by atoms with Crippen LogP contribution in [0, 0.1) is 13.8 Å². The molecule has 1 aliphatic rings. The van der Waals surface area contributed by atoms with Crippen LogP contribution in [0.5, 0.6) is 5.75 Å². The Hall–Kier alpha value is -3.61. The van der Waals surface area contributed by atoms with E-state index in [0.29, 0.717) is 49.5 Å². The summed E-state index contributed by atoms with van der Waals surface area (Å²) in [5, 5.41) is 10.4. The Morgan fingerprint density at radius 3 is 2.61 bits per heavy atom. The number of para-hydroxylation sites is 1. The predicted molar refractivity (Wildman–Crippen MR) is 128 cm³/mol. The monoisotopic (exact) mass is 446 g/mol.